The van der Waals surface area contributed by atoms with E-state index in [1.807, 2.05) is 0 Å². The lowest BCUT2D eigenvalue weighted by Gasteiger charge is -2.17. The molecule has 1 saturated heterocycles. The van der Waals surface area contributed by atoms with Crippen molar-refractivity contribution in [2.45, 2.75) is 24.9 Å². The van der Waals surface area contributed by atoms with Crippen LogP contribution in [0.25, 0.3) is 0 Å². The lowest BCUT2D eigenvalue weighted by Crippen LogP contribution is -2.26. The van der Waals surface area contributed by atoms with Crippen molar-refractivity contribution < 1.29 is 35.9 Å². The van der Waals surface area contributed by atoms with Crippen molar-refractivity contribution >= 4 is 5.97 Å². The topological polar surface area (TPSA) is 38.3 Å². The molecule has 2 unspecified atom stereocenters. The fraction of sp³-hybridized carbons (Fsp3) is 0.438. The molecule has 1 heterocycles. The van der Waals surface area contributed by atoms with Crippen molar-refractivity contribution in [2.75, 3.05) is 13.1 Å². The van der Waals surface area contributed by atoms with Crippen molar-refractivity contribution in [1.82, 2.24) is 5.32 Å². The second kappa shape index (κ2) is 7.47. The minimum Gasteiger partial charge on any atom is -0.447 e. The molecule has 25 heavy (non-hydrogen) atoms. The van der Waals surface area contributed by atoms with Gasteiger partial charge in [0, 0.05) is 6.54 Å². The first-order chi connectivity index (χ1) is 11.6. The smallest absolute Gasteiger partial charge is 0.447 e. The van der Waals surface area contributed by atoms with Crippen LogP contribution in [0.1, 0.15) is 23.7 Å². The third kappa shape index (κ3) is 5.48. The minimum atomic E-state index is -5.19. The number of halogens is 6. The highest BCUT2D eigenvalue weighted by atomic mass is 19.4. The Morgan fingerprint density at radius 1 is 1.16 bits per heavy atom. The normalized spacial score (nSPS) is 20.0. The number of hydrogen-bond acceptors (Lipinski definition) is 3. The Balaban J connectivity index is 2.22. The van der Waals surface area contributed by atoms with E-state index in [0.717, 1.165) is 37.2 Å². The van der Waals surface area contributed by atoms with E-state index in [9.17, 15) is 31.1 Å². The van der Waals surface area contributed by atoms with Crippen molar-refractivity contribution in [1.29, 1.82) is 0 Å². The molecule has 0 bridgehead atoms. The standard InChI is InChI=1S/C16H15F6NO2/c17-15(18,19)12-4-2-11(3-5-12)13(25-14(24)16(20,21)22)6-1-10-7-8-23-9-10/h1-6,10,13,23H,7-9H2/b6-1+. The number of rotatable bonds is 4. The van der Waals surface area contributed by atoms with Gasteiger partial charge in [-0.05, 0) is 42.7 Å². The SMILES string of the molecule is O=C(OC(/C=C/C1CCNC1)c1ccc(C(F)(F)F)cc1)C(F)(F)F. The number of nitrogens with one attached hydrogen (secondary N) is 1. The van der Waals surface area contributed by atoms with E-state index in [1.165, 1.54) is 6.08 Å². The summed E-state index contributed by atoms with van der Waals surface area (Å²) in [6.45, 7) is 1.38. The molecule has 2 atom stereocenters. The Morgan fingerprint density at radius 2 is 1.80 bits per heavy atom. The average molecular weight is 367 g/mol. The van der Waals surface area contributed by atoms with Gasteiger partial charge in [0.2, 0.25) is 0 Å². The number of alkyl halides is 6. The molecule has 1 aliphatic rings. The van der Waals surface area contributed by atoms with Crippen LogP contribution in [0.15, 0.2) is 36.4 Å². The Bertz CT molecular complexity index is 615. The molecule has 0 aliphatic carbocycles. The Hall–Kier alpha value is -2.03. The summed E-state index contributed by atoms with van der Waals surface area (Å²) in [5, 5.41) is 3.06. The number of ether oxygens (including phenoxy) is 1. The van der Waals surface area contributed by atoms with Gasteiger partial charge in [0.05, 0.1) is 5.56 Å². The van der Waals surface area contributed by atoms with E-state index in [2.05, 4.69) is 10.1 Å². The third-order valence-electron chi connectivity index (χ3n) is 3.69. The molecule has 138 valence electrons. The summed E-state index contributed by atoms with van der Waals surface area (Å²) in [7, 11) is 0. The van der Waals surface area contributed by atoms with Crippen LogP contribution in [0.5, 0.6) is 0 Å². The van der Waals surface area contributed by atoms with Crippen LogP contribution in [0.3, 0.4) is 0 Å². The molecular weight excluding hydrogens is 352 g/mol. The van der Waals surface area contributed by atoms with Crippen LogP contribution in [-0.2, 0) is 15.7 Å². The molecule has 0 saturated carbocycles. The van der Waals surface area contributed by atoms with Gasteiger partial charge in [-0.1, -0.05) is 18.2 Å². The zero-order chi connectivity index (χ0) is 18.7. The summed E-state index contributed by atoms with van der Waals surface area (Å²) in [6, 6.07) is 3.45. The molecule has 1 N–H and O–H groups in total. The van der Waals surface area contributed by atoms with E-state index >= 15 is 0 Å². The van der Waals surface area contributed by atoms with E-state index in [-0.39, 0.29) is 11.5 Å². The minimum absolute atomic E-state index is 0.0211. The van der Waals surface area contributed by atoms with Crippen LogP contribution in [-0.4, -0.2) is 25.2 Å². The molecule has 3 nitrogen and oxygen atoms in total. The van der Waals surface area contributed by atoms with Gasteiger partial charge in [-0.2, -0.15) is 26.3 Å². The molecule has 0 aromatic heterocycles. The van der Waals surface area contributed by atoms with Gasteiger partial charge in [-0.15, -0.1) is 0 Å². The fourth-order valence-electron chi connectivity index (χ4n) is 2.36. The lowest BCUT2D eigenvalue weighted by atomic mass is 10.0. The molecular formula is C16H15F6NO2. The van der Waals surface area contributed by atoms with E-state index in [0.29, 0.717) is 6.54 Å². The van der Waals surface area contributed by atoms with Crippen molar-refractivity contribution in [2.24, 2.45) is 5.92 Å². The number of esters is 1. The first-order valence-corrected chi connectivity index (χ1v) is 7.41. The molecule has 1 aromatic rings. The first-order valence-electron chi connectivity index (χ1n) is 7.41. The molecule has 1 aliphatic heterocycles. The molecule has 0 spiro atoms. The Labute approximate surface area is 139 Å². The molecule has 0 amide bonds. The second-order valence-electron chi connectivity index (χ2n) is 5.58. The summed E-state index contributed by atoms with van der Waals surface area (Å²) >= 11 is 0. The zero-order valence-electron chi connectivity index (χ0n) is 12.8. The van der Waals surface area contributed by atoms with Crippen molar-refractivity contribution in [3.8, 4) is 0 Å². The van der Waals surface area contributed by atoms with Gasteiger partial charge < -0.3 is 10.1 Å². The number of carbonyl (C=O) groups excluding carboxylic acids is 1. The first kappa shape index (κ1) is 19.3. The largest absolute Gasteiger partial charge is 0.490 e. The van der Waals surface area contributed by atoms with Gasteiger partial charge in [-0.3, -0.25) is 0 Å². The van der Waals surface area contributed by atoms with Crippen LogP contribution in [0.2, 0.25) is 0 Å². The summed E-state index contributed by atoms with van der Waals surface area (Å²) in [5.74, 6) is -2.34. The number of benzene rings is 1. The summed E-state index contributed by atoms with van der Waals surface area (Å²) < 4.78 is 79.5. The Kier molecular flexibility index (Phi) is 5.76. The third-order valence-corrected chi connectivity index (χ3v) is 3.69. The second-order valence-corrected chi connectivity index (χ2v) is 5.58. The summed E-state index contributed by atoms with van der Waals surface area (Å²) in [6.07, 6.45) is -7.54. The highest BCUT2D eigenvalue weighted by Gasteiger charge is 2.42. The predicted octanol–water partition coefficient (Wildman–Crippen LogP) is 4.02. The van der Waals surface area contributed by atoms with E-state index in [4.69, 9.17) is 0 Å². The molecule has 1 fully saturated rings. The summed E-state index contributed by atoms with van der Waals surface area (Å²) in [5.41, 5.74) is -0.922. The number of hydrogen-bond donors (Lipinski definition) is 1. The highest BCUT2D eigenvalue weighted by Crippen LogP contribution is 2.31. The molecule has 1 aromatic carbocycles. The predicted molar refractivity (Wildman–Crippen MR) is 76.4 cm³/mol. The van der Waals surface area contributed by atoms with Crippen LogP contribution >= 0.6 is 0 Å². The van der Waals surface area contributed by atoms with Gasteiger partial charge in [0.25, 0.3) is 0 Å². The van der Waals surface area contributed by atoms with Crippen LogP contribution in [0.4, 0.5) is 26.3 Å². The van der Waals surface area contributed by atoms with E-state index in [1.54, 1.807) is 6.08 Å². The van der Waals surface area contributed by atoms with E-state index < -0.39 is 30.0 Å². The quantitative estimate of drug-likeness (QED) is 0.496. The van der Waals surface area contributed by atoms with Gasteiger partial charge >= 0.3 is 18.3 Å². The van der Waals surface area contributed by atoms with Gasteiger partial charge in [-0.25, -0.2) is 4.79 Å². The lowest BCUT2D eigenvalue weighted by molar-refractivity contribution is -0.203. The van der Waals surface area contributed by atoms with Gasteiger partial charge in [0.1, 0.15) is 6.10 Å². The van der Waals surface area contributed by atoms with Crippen LogP contribution in [0, 0.1) is 5.92 Å². The molecule has 2 rings (SSSR count). The maximum absolute atomic E-state index is 12.6. The van der Waals surface area contributed by atoms with Crippen molar-refractivity contribution in [3.63, 3.8) is 0 Å². The summed E-state index contributed by atoms with van der Waals surface area (Å²) in [4.78, 5) is 11.1. The fourth-order valence-corrected chi connectivity index (χ4v) is 2.36. The maximum atomic E-state index is 12.6. The zero-order valence-corrected chi connectivity index (χ0v) is 12.8. The molecule has 0 radical (unpaired) electrons. The average Bonchev–Trinajstić information content (AvgIpc) is 3.03. The van der Waals surface area contributed by atoms with Crippen molar-refractivity contribution in [3.05, 3.63) is 47.5 Å². The number of carbonyl (C=O) groups is 1. The highest BCUT2D eigenvalue weighted by molar-refractivity contribution is 5.76. The van der Waals surface area contributed by atoms with Gasteiger partial charge in [0.15, 0.2) is 0 Å². The maximum Gasteiger partial charge on any atom is 0.490 e. The monoisotopic (exact) mass is 367 g/mol. The Morgan fingerprint density at radius 3 is 2.28 bits per heavy atom. The molecule has 9 heteroatoms. The van der Waals surface area contributed by atoms with Crippen LogP contribution < -0.4 is 5.32 Å².